The zero-order valence-electron chi connectivity index (χ0n) is 15.5. The molecule has 0 aliphatic heterocycles. The van der Waals surface area contributed by atoms with E-state index in [-0.39, 0.29) is 11.3 Å². The van der Waals surface area contributed by atoms with E-state index in [1.165, 1.54) is 12.1 Å². The second-order valence-corrected chi connectivity index (χ2v) is 5.25. The fraction of sp³-hybridized carbons (Fsp3) is 0.118. The Labute approximate surface area is 172 Å². The summed E-state index contributed by atoms with van der Waals surface area (Å²) in [5.74, 6) is -3.35. The van der Waals surface area contributed by atoms with Crippen LogP contribution in [0.2, 0.25) is 0 Å². The van der Waals surface area contributed by atoms with Crippen molar-refractivity contribution in [3.05, 3.63) is 73.3 Å². The van der Waals surface area contributed by atoms with Gasteiger partial charge in [0, 0.05) is 17.7 Å². The minimum Gasteiger partial charge on any atom is -0.478 e. The molecule has 2 aromatic carbocycles. The maximum Gasteiger partial charge on any atom is 0.348 e. The molecular formula is C17H14N2O12. The summed E-state index contributed by atoms with van der Waals surface area (Å²) in [5.41, 5.74) is -2.74. The van der Waals surface area contributed by atoms with Gasteiger partial charge in [-0.25, -0.2) is 14.5 Å². The van der Waals surface area contributed by atoms with Crippen LogP contribution in [0.4, 0.5) is 11.4 Å². The van der Waals surface area contributed by atoms with E-state index in [1.54, 1.807) is 0 Å². The number of carbonyl (C=O) groups excluding carboxylic acids is 2. The van der Waals surface area contributed by atoms with E-state index in [4.69, 9.17) is 24.6 Å². The number of para-hydroxylation sites is 1. The van der Waals surface area contributed by atoms with E-state index in [2.05, 4.69) is 4.89 Å². The molecule has 0 bridgehead atoms. The van der Waals surface area contributed by atoms with E-state index in [1.807, 2.05) is 6.79 Å². The van der Waals surface area contributed by atoms with Crippen molar-refractivity contribution in [1.82, 2.24) is 0 Å². The van der Waals surface area contributed by atoms with Crippen LogP contribution in [0.5, 0.6) is 5.75 Å². The highest BCUT2D eigenvalue weighted by molar-refractivity contribution is 6.05. The summed E-state index contributed by atoms with van der Waals surface area (Å²) in [6.07, 6.45) is 0. The third kappa shape index (κ3) is 6.02. The number of esters is 1. The number of ether oxygens (including phenoxy) is 2. The Morgan fingerprint density at radius 3 is 2.13 bits per heavy atom. The molecule has 0 aliphatic carbocycles. The lowest BCUT2D eigenvalue weighted by molar-refractivity contribution is -0.386. The molecular weight excluding hydrogens is 424 g/mol. The molecule has 2 aromatic rings. The lowest BCUT2D eigenvalue weighted by Crippen LogP contribution is -2.17. The second kappa shape index (κ2) is 11.5. The van der Waals surface area contributed by atoms with Crippen LogP contribution in [0.25, 0.3) is 0 Å². The van der Waals surface area contributed by atoms with Crippen molar-refractivity contribution in [3.8, 4) is 5.75 Å². The Balaban J connectivity index is 0.00000233. The third-order valence-corrected chi connectivity index (χ3v) is 3.56. The average molecular weight is 438 g/mol. The molecule has 0 fully saturated rings. The van der Waals surface area contributed by atoms with Gasteiger partial charge in [-0.05, 0) is 6.07 Å². The average Bonchev–Trinajstić information content (AvgIpc) is 2.75. The van der Waals surface area contributed by atoms with Crippen molar-refractivity contribution >= 4 is 30.1 Å². The standard InChI is InChI=1S/C16H12N2O11.CH2O/c19-15(20)10-4-2-5-11(17(22)23)13(10)16(21)28-8-27-14-9(7-29-26)3-1-6-12(14)18(24)25;1-2/h1-6,26H,7-8H2,(H,19,20);1H2. The van der Waals surface area contributed by atoms with Crippen molar-refractivity contribution in [1.29, 1.82) is 0 Å². The van der Waals surface area contributed by atoms with Crippen LogP contribution in [-0.4, -0.2) is 45.7 Å². The molecule has 164 valence electrons. The normalized spacial score (nSPS) is 9.71. The number of nitro benzene ring substituents is 2. The predicted octanol–water partition coefficient (Wildman–Crippen LogP) is 2.20. The fourth-order valence-corrected chi connectivity index (χ4v) is 2.36. The number of hydrogen-bond donors (Lipinski definition) is 2. The molecule has 14 nitrogen and oxygen atoms in total. The molecule has 14 heteroatoms. The number of rotatable bonds is 9. The maximum atomic E-state index is 12.2. The van der Waals surface area contributed by atoms with Crippen LogP contribution in [-0.2, 0) is 21.0 Å². The first-order valence-corrected chi connectivity index (χ1v) is 7.90. The van der Waals surface area contributed by atoms with Gasteiger partial charge in [-0.3, -0.25) is 25.5 Å². The summed E-state index contributed by atoms with van der Waals surface area (Å²) in [6, 6.07) is 6.71. The lowest BCUT2D eigenvalue weighted by Gasteiger charge is -2.12. The molecule has 0 amide bonds. The van der Waals surface area contributed by atoms with Gasteiger partial charge >= 0.3 is 17.6 Å². The van der Waals surface area contributed by atoms with Gasteiger partial charge in [0.1, 0.15) is 13.4 Å². The number of nitro groups is 2. The molecule has 0 saturated heterocycles. The molecule has 2 rings (SSSR count). The number of benzene rings is 2. The van der Waals surface area contributed by atoms with Crippen LogP contribution in [0, 0.1) is 20.2 Å². The van der Waals surface area contributed by atoms with Crippen molar-refractivity contribution in [2.45, 2.75) is 6.61 Å². The van der Waals surface area contributed by atoms with Crippen LogP contribution < -0.4 is 4.74 Å². The van der Waals surface area contributed by atoms with Gasteiger partial charge < -0.3 is 19.4 Å². The monoisotopic (exact) mass is 438 g/mol. The molecule has 2 N–H and O–H groups in total. The zero-order chi connectivity index (χ0) is 23.6. The first-order valence-electron chi connectivity index (χ1n) is 7.90. The third-order valence-electron chi connectivity index (χ3n) is 3.56. The first-order chi connectivity index (χ1) is 14.8. The molecule has 0 heterocycles. The SMILES string of the molecule is C=O.O=C(O)c1cccc([N+](=O)[O-])c1C(=O)OCOc1c(COO)cccc1[N+](=O)[O-]. The van der Waals surface area contributed by atoms with Gasteiger partial charge in [-0.1, -0.05) is 18.2 Å². The predicted molar refractivity (Wildman–Crippen MR) is 98.6 cm³/mol. The highest BCUT2D eigenvalue weighted by Crippen LogP contribution is 2.31. The van der Waals surface area contributed by atoms with Crippen molar-refractivity contribution in [3.63, 3.8) is 0 Å². The summed E-state index contributed by atoms with van der Waals surface area (Å²) in [7, 11) is 0. The number of carboxylic acid groups (broad SMARTS) is 1. The number of carboxylic acids is 1. The quantitative estimate of drug-likeness (QED) is 0.190. The Morgan fingerprint density at radius 2 is 1.58 bits per heavy atom. The number of aromatic carboxylic acids is 1. The topological polar surface area (TPSA) is 206 Å². The molecule has 31 heavy (non-hydrogen) atoms. The lowest BCUT2D eigenvalue weighted by atomic mass is 10.1. The van der Waals surface area contributed by atoms with Gasteiger partial charge in [0.25, 0.3) is 5.69 Å². The summed E-state index contributed by atoms with van der Waals surface area (Å²) in [5, 5.41) is 39.9. The highest BCUT2D eigenvalue weighted by Gasteiger charge is 2.29. The minimum atomic E-state index is -1.59. The van der Waals surface area contributed by atoms with E-state index in [0.717, 1.165) is 24.3 Å². The summed E-state index contributed by atoms with van der Waals surface area (Å²) in [4.78, 5) is 55.9. The molecule has 0 unspecified atom stereocenters. The maximum absolute atomic E-state index is 12.2. The van der Waals surface area contributed by atoms with Crippen LogP contribution in [0.15, 0.2) is 36.4 Å². The van der Waals surface area contributed by atoms with Crippen molar-refractivity contribution in [2.24, 2.45) is 0 Å². The summed E-state index contributed by atoms with van der Waals surface area (Å²) >= 11 is 0. The summed E-state index contributed by atoms with van der Waals surface area (Å²) < 4.78 is 9.81. The fourth-order valence-electron chi connectivity index (χ4n) is 2.36. The van der Waals surface area contributed by atoms with Crippen LogP contribution >= 0.6 is 0 Å². The van der Waals surface area contributed by atoms with Crippen LogP contribution in [0.3, 0.4) is 0 Å². The second-order valence-electron chi connectivity index (χ2n) is 5.25. The van der Waals surface area contributed by atoms with Crippen LogP contribution in [0.1, 0.15) is 26.3 Å². The van der Waals surface area contributed by atoms with Crippen molar-refractivity contribution in [2.75, 3.05) is 6.79 Å². The molecule has 0 atom stereocenters. The number of nitrogens with zero attached hydrogens (tertiary/aromatic N) is 2. The van der Waals surface area contributed by atoms with E-state index in [0.29, 0.717) is 0 Å². The number of hydrogen-bond acceptors (Lipinski definition) is 11. The Hall–Kier alpha value is -4.43. The van der Waals surface area contributed by atoms with Gasteiger partial charge in [-0.15, -0.1) is 0 Å². The molecule has 0 spiro atoms. The first kappa shape index (κ1) is 24.6. The number of carbonyl (C=O) groups is 3. The Morgan fingerprint density at radius 1 is 1.00 bits per heavy atom. The largest absolute Gasteiger partial charge is 0.478 e. The van der Waals surface area contributed by atoms with E-state index < -0.39 is 57.7 Å². The molecule has 0 saturated carbocycles. The minimum absolute atomic E-state index is 0.0506. The van der Waals surface area contributed by atoms with Gasteiger partial charge in [0.2, 0.25) is 12.5 Å². The Kier molecular flexibility index (Phi) is 9.16. The Bertz CT molecular complexity index is 959. The molecule has 0 aliphatic rings. The van der Waals surface area contributed by atoms with Gasteiger partial charge in [-0.2, -0.15) is 0 Å². The van der Waals surface area contributed by atoms with Crippen molar-refractivity contribution < 1.29 is 49.0 Å². The van der Waals surface area contributed by atoms with E-state index in [9.17, 15) is 29.8 Å². The molecule has 0 aromatic heterocycles. The zero-order valence-corrected chi connectivity index (χ0v) is 15.5. The molecule has 0 radical (unpaired) electrons. The van der Waals surface area contributed by atoms with Gasteiger partial charge in [0.15, 0.2) is 5.56 Å². The van der Waals surface area contributed by atoms with E-state index >= 15 is 0 Å². The highest BCUT2D eigenvalue weighted by atomic mass is 17.1. The van der Waals surface area contributed by atoms with Gasteiger partial charge in [0.05, 0.1) is 15.4 Å². The summed E-state index contributed by atoms with van der Waals surface area (Å²) in [6.45, 7) is 0.589. The smallest absolute Gasteiger partial charge is 0.348 e.